The van der Waals surface area contributed by atoms with E-state index in [-0.39, 0.29) is 0 Å². The van der Waals surface area contributed by atoms with Gasteiger partial charge in [0.2, 0.25) is 0 Å². The molecule has 90 valence electrons. The summed E-state index contributed by atoms with van der Waals surface area (Å²) >= 11 is 5.90. The van der Waals surface area contributed by atoms with Crippen LogP contribution < -0.4 is 0 Å². The molecule has 1 atom stereocenters. The van der Waals surface area contributed by atoms with Crippen molar-refractivity contribution in [1.29, 1.82) is 0 Å². The smallest absolute Gasteiger partial charge is 0.0860 e. The first-order valence-corrected chi connectivity index (χ1v) is 6.01. The number of aliphatic hydroxyl groups is 1. The summed E-state index contributed by atoms with van der Waals surface area (Å²) in [6, 6.07) is 7.54. The Morgan fingerprint density at radius 2 is 2.29 bits per heavy atom. The number of hydrogen-bond acceptors (Lipinski definition) is 2. The van der Waals surface area contributed by atoms with Gasteiger partial charge in [-0.25, -0.2) is 0 Å². The molecule has 17 heavy (non-hydrogen) atoms. The van der Waals surface area contributed by atoms with E-state index in [0.29, 0.717) is 11.4 Å². The SMILES string of the molecule is CCn1cc(C(O)Cc2cccc(Cl)c2)cn1. The molecule has 4 heteroatoms. The summed E-state index contributed by atoms with van der Waals surface area (Å²) in [6.07, 6.45) is 3.60. The van der Waals surface area contributed by atoms with Crippen LogP contribution in [0.15, 0.2) is 36.7 Å². The van der Waals surface area contributed by atoms with E-state index in [9.17, 15) is 5.11 Å². The molecule has 1 aromatic carbocycles. The van der Waals surface area contributed by atoms with Crippen LogP contribution in [-0.2, 0) is 13.0 Å². The van der Waals surface area contributed by atoms with Crippen LogP contribution >= 0.6 is 11.6 Å². The summed E-state index contributed by atoms with van der Waals surface area (Å²) in [5.74, 6) is 0. The summed E-state index contributed by atoms with van der Waals surface area (Å²) < 4.78 is 1.80. The minimum atomic E-state index is -0.534. The van der Waals surface area contributed by atoms with Gasteiger partial charge in [-0.1, -0.05) is 23.7 Å². The van der Waals surface area contributed by atoms with Crippen molar-refractivity contribution in [3.63, 3.8) is 0 Å². The van der Waals surface area contributed by atoms with E-state index < -0.39 is 6.10 Å². The van der Waals surface area contributed by atoms with E-state index in [1.165, 1.54) is 0 Å². The molecule has 1 unspecified atom stereocenters. The highest BCUT2D eigenvalue weighted by atomic mass is 35.5. The lowest BCUT2D eigenvalue weighted by molar-refractivity contribution is 0.178. The van der Waals surface area contributed by atoms with Gasteiger partial charge in [-0.3, -0.25) is 4.68 Å². The molecule has 0 saturated carbocycles. The zero-order valence-corrected chi connectivity index (χ0v) is 10.4. The van der Waals surface area contributed by atoms with Crippen LogP contribution in [0.25, 0.3) is 0 Å². The molecule has 0 radical (unpaired) electrons. The van der Waals surface area contributed by atoms with Crippen molar-refractivity contribution in [3.05, 3.63) is 52.8 Å². The Bertz CT molecular complexity index is 496. The van der Waals surface area contributed by atoms with Crippen LogP contribution in [0.5, 0.6) is 0 Å². The van der Waals surface area contributed by atoms with E-state index >= 15 is 0 Å². The Morgan fingerprint density at radius 1 is 1.47 bits per heavy atom. The van der Waals surface area contributed by atoms with Gasteiger partial charge in [0.25, 0.3) is 0 Å². The Hall–Kier alpha value is -1.32. The van der Waals surface area contributed by atoms with E-state index in [1.54, 1.807) is 10.9 Å². The lowest BCUT2D eigenvalue weighted by Crippen LogP contribution is -2.01. The second-order valence-corrected chi connectivity index (χ2v) is 4.42. The molecule has 1 heterocycles. The maximum Gasteiger partial charge on any atom is 0.0860 e. The minimum Gasteiger partial charge on any atom is -0.388 e. The first-order valence-electron chi connectivity index (χ1n) is 5.64. The Morgan fingerprint density at radius 3 is 2.94 bits per heavy atom. The third kappa shape index (κ3) is 3.08. The highest BCUT2D eigenvalue weighted by molar-refractivity contribution is 6.30. The zero-order valence-electron chi connectivity index (χ0n) is 9.68. The molecular weight excluding hydrogens is 236 g/mol. The Kier molecular flexibility index (Phi) is 3.82. The second kappa shape index (κ2) is 5.34. The van der Waals surface area contributed by atoms with E-state index in [1.807, 2.05) is 37.4 Å². The number of benzene rings is 1. The van der Waals surface area contributed by atoms with Gasteiger partial charge >= 0.3 is 0 Å². The molecule has 0 aliphatic carbocycles. The molecule has 0 saturated heterocycles. The van der Waals surface area contributed by atoms with E-state index in [0.717, 1.165) is 17.7 Å². The normalized spacial score (nSPS) is 12.6. The molecule has 0 bridgehead atoms. The highest BCUT2D eigenvalue weighted by Crippen LogP contribution is 2.19. The van der Waals surface area contributed by atoms with E-state index in [4.69, 9.17) is 11.6 Å². The Labute approximate surface area is 106 Å². The maximum absolute atomic E-state index is 10.1. The van der Waals surface area contributed by atoms with Gasteiger partial charge < -0.3 is 5.11 Å². The molecular formula is C13H15ClN2O. The molecule has 2 rings (SSSR count). The highest BCUT2D eigenvalue weighted by Gasteiger charge is 2.10. The average Bonchev–Trinajstić information content (AvgIpc) is 2.77. The number of nitrogens with zero attached hydrogens (tertiary/aromatic N) is 2. The number of rotatable bonds is 4. The predicted molar refractivity (Wildman–Crippen MR) is 68.0 cm³/mol. The van der Waals surface area contributed by atoms with Gasteiger partial charge in [0.05, 0.1) is 12.3 Å². The summed E-state index contributed by atoms with van der Waals surface area (Å²) in [7, 11) is 0. The molecule has 0 amide bonds. The second-order valence-electron chi connectivity index (χ2n) is 3.98. The fourth-order valence-corrected chi connectivity index (χ4v) is 1.94. The average molecular weight is 251 g/mol. The number of halogens is 1. The van der Waals surface area contributed by atoms with E-state index in [2.05, 4.69) is 5.10 Å². The number of hydrogen-bond donors (Lipinski definition) is 1. The first-order chi connectivity index (χ1) is 8.19. The molecule has 0 spiro atoms. The van der Waals surface area contributed by atoms with Crippen molar-refractivity contribution in [2.24, 2.45) is 0 Å². The van der Waals surface area contributed by atoms with Crippen molar-refractivity contribution in [2.75, 3.05) is 0 Å². The lowest BCUT2D eigenvalue weighted by Gasteiger charge is -2.08. The first kappa shape index (κ1) is 12.1. The summed E-state index contributed by atoms with van der Waals surface area (Å²) in [6.45, 7) is 2.82. The van der Waals surface area contributed by atoms with Crippen molar-refractivity contribution >= 4 is 11.6 Å². The molecule has 3 nitrogen and oxygen atoms in total. The monoisotopic (exact) mass is 250 g/mol. The molecule has 2 aromatic rings. The topological polar surface area (TPSA) is 38.0 Å². The van der Waals surface area contributed by atoms with Crippen LogP contribution in [0.2, 0.25) is 5.02 Å². The van der Waals surface area contributed by atoms with Gasteiger partial charge in [-0.05, 0) is 24.6 Å². The number of aliphatic hydroxyl groups excluding tert-OH is 1. The van der Waals surface area contributed by atoms with Crippen molar-refractivity contribution in [2.45, 2.75) is 26.0 Å². The third-order valence-corrected chi connectivity index (χ3v) is 2.92. The van der Waals surface area contributed by atoms with Crippen LogP contribution in [-0.4, -0.2) is 14.9 Å². The number of aromatic nitrogens is 2. The van der Waals surface area contributed by atoms with Gasteiger partial charge in [-0.2, -0.15) is 5.10 Å². The minimum absolute atomic E-state index is 0.534. The molecule has 0 fully saturated rings. The zero-order chi connectivity index (χ0) is 12.3. The molecule has 0 aliphatic rings. The standard InChI is InChI=1S/C13H15ClN2O/c1-2-16-9-11(8-15-16)13(17)7-10-4-3-5-12(14)6-10/h3-6,8-9,13,17H,2,7H2,1H3. The van der Waals surface area contributed by atoms with Crippen LogP contribution in [0.1, 0.15) is 24.2 Å². The van der Waals surface area contributed by atoms with Crippen molar-refractivity contribution in [3.8, 4) is 0 Å². The molecule has 1 aromatic heterocycles. The summed E-state index contributed by atoms with van der Waals surface area (Å²) in [5, 5.41) is 14.9. The van der Waals surface area contributed by atoms with Gasteiger partial charge in [0, 0.05) is 29.7 Å². The largest absolute Gasteiger partial charge is 0.388 e. The lowest BCUT2D eigenvalue weighted by atomic mass is 10.0. The maximum atomic E-state index is 10.1. The van der Waals surface area contributed by atoms with Gasteiger partial charge in [-0.15, -0.1) is 0 Å². The fraction of sp³-hybridized carbons (Fsp3) is 0.308. The number of aryl methyl sites for hydroxylation is 1. The fourth-order valence-electron chi connectivity index (χ4n) is 1.73. The quantitative estimate of drug-likeness (QED) is 0.906. The molecule has 1 N–H and O–H groups in total. The predicted octanol–water partition coefficient (Wildman–Crippen LogP) is 2.83. The van der Waals surface area contributed by atoms with Crippen LogP contribution in [0.4, 0.5) is 0 Å². The van der Waals surface area contributed by atoms with Crippen LogP contribution in [0.3, 0.4) is 0 Å². The molecule has 0 aliphatic heterocycles. The third-order valence-electron chi connectivity index (χ3n) is 2.68. The Balaban J connectivity index is 2.08. The van der Waals surface area contributed by atoms with Crippen LogP contribution in [0, 0.1) is 0 Å². The summed E-state index contributed by atoms with van der Waals surface area (Å²) in [4.78, 5) is 0. The van der Waals surface area contributed by atoms with Gasteiger partial charge in [0.15, 0.2) is 0 Å². The van der Waals surface area contributed by atoms with Crippen molar-refractivity contribution in [1.82, 2.24) is 9.78 Å². The van der Waals surface area contributed by atoms with Crippen molar-refractivity contribution < 1.29 is 5.11 Å². The summed E-state index contributed by atoms with van der Waals surface area (Å²) in [5.41, 5.74) is 1.86. The van der Waals surface area contributed by atoms with Gasteiger partial charge in [0.1, 0.15) is 0 Å².